The first-order valence-corrected chi connectivity index (χ1v) is 4.46. The second-order valence-electron chi connectivity index (χ2n) is 3.23. The van der Waals surface area contributed by atoms with Gasteiger partial charge in [-0.05, 0) is 30.2 Å². The van der Waals surface area contributed by atoms with Crippen LogP contribution < -0.4 is 15.4 Å². The van der Waals surface area contributed by atoms with Gasteiger partial charge < -0.3 is 10.5 Å². The molecule has 1 heterocycles. The van der Waals surface area contributed by atoms with Gasteiger partial charge in [-0.3, -0.25) is 4.90 Å². The van der Waals surface area contributed by atoms with Gasteiger partial charge in [-0.2, -0.15) is 0 Å². The van der Waals surface area contributed by atoms with Crippen LogP contribution >= 0.6 is 0 Å². The van der Waals surface area contributed by atoms with E-state index in [0.717, 1.165) is 23.4 Å². The second kappa shape index (κ2) is 3.21. The molecule has 1 aliphatic heterocycles. The van der Waals surface area contributed by atoms with Gasteiger partial charge in [-0.15, -0.1) is 0 Å². The van der Waals surface area contributed by atoms with E-state index < -0.39 is 6.03 Å². The number of amides is 2. The zero-order valence-electron chi connectivity index (χ0n) is 7.99. The number of hydrogen-bond acceptors (Lipinski definition) is 2. The Morgan fingerprint density at radius 1 is 1.57 bits per heavy atom. The molecule has 1 aliphatic rings. The lowest BCUT2D eigenvalue weighted by Crippen LogP contribution is -2.33. The molecule has 0 radical (unpaired) electrons. The lowest BCUT2D eigenvalue weighted by atomic mass is 10.1. The van der Waals surface area contributed by atoms with Gasteiger partial charge >= 0.3 is 6.03 Å². The zero-order valence-corrected chi connectivity index (χ0v) is 7.99. The summed E-state index contributed by atoms with van der Waals surface area (Å²) in [4.78, 5) is 12.6. The van der Waals surface area contributed by atoms with Gasteiger partial charge in [-0.25, -0.2) is 4.79 Å². The molecule has 4 heteroatoms. The van der Waals surface area contributed by atoms with Crippen molar-refractivity contribution in [3.8, 4) is 5.75 Å². The van der Waals surface area contributed by atoms with Crippen molar-refractivity contribution in [1.29, 1.82) is 0 Å². The first kappa shape index (κ1) is 8.87. The molecule has 4 nitrogen and oxygen atoms in total. The van der Waals surface area contributed by atoms with Crippen molar-refractivity contribution in [2.75, 3.05) is 18.6 Å². The number of anilines is 1. The van der Waals surface area contributed by atoms with Crippen molar-refractivity contribution in [2.45, 2.75) is 6.42 Å². The molecule has 74 valence electrons. The summed E-state index contributed by atoms with van der Waals surface area (Å²) in [6.45, 7) is 0.665. The van der Waals surface area contributed by atoms with Crippen LogP contribution in [0.3, 0.4) is 0 Å². The Morgan fingerprint density at radius 3 is 3.00 bits per heavy atom. The maximum Gasteiger partial charge on any atom is 0.319 e. The Balaban J connectivity index is 2.38. The topological polar surface area (TPSA) is 55.6 Å². The molecule has 2 N–H and O–H groups in total. The van der Waals surface area contributed by atoms with Crippen LogP contribution in [-0.4, -0.2) is 19.7 Å². The molecular formula is C10H12N2O2. The highest BCUT2D eigenvalue weighted by Gasteiger charge is 2.22. The molecule has 0 bridgehead atoms. The SMILES string of the molecule is COc1ccc2c(c1)CCN2C(N)=O. The van der Waals surface area contributed by atoms with E-state index in [-0.39, 0.29) is 0 Å². The minimum Gasteiger partial charge on any atom is -0.497 e. The van der Waals surface area contributed by atoms with Crippen molar-refractivity contribution in [3.05, 3.63) is 23.8 Å². The summed E-state index contributed by atoms with van der Waals surface area (Å²) in [5.74, 6) is 0.815. The lowest BCUT2D eigenvalue weighted by molar-refractivity contribution is 0.254. The minimum absolute atomic E-state index is 0.395. The van der Waals surface area contributed by atoms with Crippen LogP contribution in [0.4, 0.5) is 10.5 Å². The maximum atomic E-state index is 11.0. The highest BCUT2D eigenvalue weighted by molar-refractivity contribution is 5.93. The van der Waals surface area contributed by atoms with E-state index in [9.17, 15) is 4.79 Å². The third-order valence-corrected chi connectivity index (χ3v) is 2.45. The lowest BCUT2D eigenvalue weighted by Gasteiger charge is -2.13. The Bertz CT molecular complexity index is 376. The summed E-state index contributed by atoms with van der Waals surface area (Å²) in [7, 11) is 1.63. The Morgan fingerprint density at radius 2 is 2.36 bits per heavy atom. The van der Waals surface area contributed by atoms with Crippen molar-refractivity contribution in [2.24, 2.45) is 5.73 Å². The zero-order chi connectivity index (χ0) is 10.1. The van der Waals surface area contributed by atoms with Gasteiger partial charge in [0.1, 0.15) is 5.75 Å². The number of methoxy groups -OCH3 is 1. The number of carbonyl (C=O) groups excluding carboxylic acids is 1. The first-order valence-electron chi connectivity index (χ1n) is 4.46. The molecule has 0 aromatic heterocycles. The van der Waals surface area contributed by atoms with E-state index in [2.05, 4.69) is 0 Å². The van der Waals surface area contributed by atoms with Crippen LogP contribution in [0.15, 0.2) is 18.2 Å². The molecule has 2 amide bonds. The summed E-state index contributed by atoms with van der Waals surface area (Å²) >= 11 is 0. The number of ether oxygens (including phenoxy) is 1. The number of hydrogen-bond donors (Lipinski definition) is 1. The Hall–Kier alpha value is -1.71. The van der Waals surface area contributed by atoms with Crippen LogP contribution in [0.5, 0.6) is 5.75 Å². The molecule has 1 aromatic carbocycles. The molecule has 0 saturated heterocycles. The standard InChI is InChI=1S/C10H12N2O2/c1-14-8-2-3-9-7(6-8)4-5-12(9)10(11)13/h2-3,6H,4-5H2,1H3,(H2,11,13). The molecule has 2 rings (SSSR count). The number of nitrogens with two attached hydrogens (primary N) is 1. The summed E-state index contributed by atoms with van der Waals surface area (Å²) in [5, 5.41) is 0. The number of primary amides is 1. The van der Waals surface area contributed by atoms with Crippen LogP contribution in [0.2, 0.25) is 0 Å². The van der Waals surface area contributed by atoms with Crippen LogP contribution in [0.25, 0.3) is 0 Å². The predicted molar refractivity (Wildman–Crippen MR) is 53.6 cm³/mol. The average Bonchev–Trinajstić information content (AvgIpc) is 2.59. The summed E-state index contributed by atoms with van der Waals surface area (Å²) in [6.07, 6.45) is 0.843. The van der Waals surface area contributed by atoms with E-state index >= 15 is 0 Å². The molecular weight excluding hydrogens is 180 g/mol. The fraction of sp³-hybridized carbons (Fsp3) is 0.300. The fourth-order valence-electron chi connectivity index (χ4n) is 1.73. The van der Waals surface area contributed by atoms with E-state index in [1.54, 1.807) is 12.0 Å². The quantitative estimate of drug-likeness (QED) is 0.725. The number of rotatable bonds is 1. The Kier molecular flexibility index (Phi) is 2.04. The van der Waals surface area contributed by atoms with E-state index in [1.807, 2.05) is 18.2 Å². The highest BCUT2D eigenvalue weighted by atomic mass is 16.5. The van der Waals surface area contributed by atoms with Crippen molar-refractivity contribution >= 4 is 11.7 Å². The summed E-state index contributed by atoms with van der Waals surface area (Å²) in [6, 6.07) is 5.25. The molecule has 0 unspecified atom stereocenters. The Labute approximate surface area is 82.3 Å². The summed E-state index contributed by atoms with van der Waals surface area (Å²) in [5.41, 5.74) is 7.25. The molecule has 1 aromatic rings. The predicted octanol–water partition coefficient (Wildman–Crippen LogP) is 1.14. The second-order valence-corrected chi connectivity index (χ2v) is 3.23. The largest absolute Gasteiger partial charge is 0.497 e. The van der Waals surface area contributed by atoms with E-state index in [0.29, 0.717) is 6.54 Å². The van der Waals surface area contributed by atoms with E-state index in [4.69, 9.17) is 10.5 Å². The van der Waals surface area contributed by atoms with Gasteiger partial charge in [0.05, 0.1) is 7.11 Å². The fourth-order valence-corrected chi connectivity index (χ4v) is 1.73. The van der Waals surface area contributed by atoms with Crippen LogP contribution in [0, 0.1) is 0 Å². The molecule has 0 aliphatic carbocycles. The molecule has 0 atom stereocenters. The minimum atomic E-state index is -0.395. The molecule has 0 fully saturated rings. The van der Waals surface area contributed by atoms with Gasteiger partial charge in [-0.1, -0.05) is 0 Å². The number of urea groups is 1. The normalized spacial score (nSPS) is 13.9. The third-order valence-electron chi connectivity index (χ3n) is 2.45. The molecule has 14 heavy (non-hydrogen) atoms. The van der Waals surface area contributed by atoms with Crippen molar-refractivity contribution in [3.63, 3.8) is 0 Å². The van der Waals surface area contributed by atoms with Gasteiger partial charge in [0.15, 0.2) is 0 Å². The van der Waals surface area contributed by atoms with Crippen LogP contribution in [-0.2, 0) is 6.42 Å². The van der Waals surface area contributed by atoms with Crippen molar-refractivity contribution < 1.29 is 9.53 Å². The van der Waals surface area contributed by atoms with Crippen molar-refractivity contribution in [1.82, 2.24) is 0 Å². The van der Waals surface area contributed by atoms with Gasteiger partial charge in [0.2, 0.25) is 0 Å². The maximum absolute atomic E-state index is 11.0. The average molecular weight is 192 g/mol. The number of nitrogens with zero attached hydrogens (tertiary/aromatic N) is 1. The van der Waals surface area contributed by atoms with E-state index in [1.165, 1.54) is 0 Å². The molecule has 0 spiro atoms. The first-order chi connectivity index (χ1) is 6.72. The van der Waals surface area contributed by atoms with Gasteiger partial charge in [0.25, 0.3) is 0 Å². The van der Waals surface area contributed by atoms with Gasteiger partial charge in [0, 0.05) is 12.2 Å². The number of fused-ring (bicyclic) bond motifs is 1. The molecule has 0 saturated carbocycles. The third kappa shape index (κ3) is 1.28. The smallest absolute Gasteiger partial charge is 0.319 e. The monoisotopic (exact) mass is 192 g/mol. The number of carbonyl (C=O) groups is 1. The number of benzene rings is 1. The van der Waals surface area contributed by atoms with Crippen LogP contribution in [0.1, 0.15) is 5.56 Å². The summed E-state index contributed by atoms with van der Waals surface area (Å²) < 4.78 is 5.10. The highest BCUT2D eigenvalue weighted by Crippen LogP contribution is 2.30.